The Balaban J connectivity index is 1.98. The molecule has 2 aliphatic rings. The van der Waals surface area contributed by atoms with Crippen LogP contribution in [0, 0.1) is 0 Å². The van der Waals surface area contributed by atoms with Crippen LogP contribution in [-0.4, -0.2) is 47.7 Å². The highest BCUT2D eigenvalue weighted by atomic mass is 16.6. The van der Waals surface area contributed by atoms with Gasteiger partial charge in [0.05, 0.1) is 12.1 Å². The molecule has 2 heterocycles. The minimum absolute atomic E-state index is 0.287. The van der Waals surface area contributed by atoms with E-state index in [2.05, 4.69) is 0 Å². The SMILES string of the molecule is CC(C)(C)OC(=O)N1CCC[C@@]2(CC[C@@H](C=O)O2)C1. The Labute approximate surface area is 114 Å². The molecule has 2 saturated heterocycles. The molecule has 19 heavy (non-hydrogen) atoms. The Kier molecular flexibility index (Phi) is 3.85. The molecule has 0 N–H and O–H groups in total. The third-order valence-corrected chi connectivity index (χ3v) is 3.63. The standard InChI is InChI=1S/C14H23NO4/c1-13(2,3)19-12(17)15-8-4-6-14(10-15)7-5-11(9-16)18-14/h9,11H,4-8,10H2,1-3H3/t11-,14+/m0/s1. The first-order valence-electron chi connectivity index (χ1n) is 6.95. The first-order valence-corrected chi connectivity index (χ1v) is 6.95. The van der Waals surface area contributed by atoms with Crippen molar-refractivity contribution in [2.24, 2.45) is 0 Å². The van der Waals surface area contributed by atoms with E-state index in [1.165, 1.54) is 0 Å². The van der Waals surface area contributed by atoms with Crippen LogP contribution in [0.5, 0.6) is 0 Å². The van der Waals surface area contributed by atoms with E-state index in [0.29, 0.717) is 13.1 Å². The second-order valence-electron chi connectivity index (χ2n) is 6.52. The molecule has 0 aliphatic carbocycles. The molecule has 1 spiro atoms. The largest absolute Gasteiger partial charge is 0.444 e. The average Bonchev–Trinajstić information content (AvgIpc) is 2.70. The van der Waals surface area contributed by atoms with Gasteiger partial charge in [0.2, 0.25) is 0 Å². The fraction of sp³-hybridized carbons (Fsp3) is 0.857. The molecule has 2 fully saturated rings. The minimum atomic E-state index is -0.483. The van der Waals surface area contributed by atoms with E-state index in [-0.39, 0.29) is 17.8 Å². The van der Waals surface area contributed by atoms with Gasteiger partial charge in [-0.25, -0.2) is 4.79 Å². The van der Waals surface area contributed by atoms with Crippen molar-refractivity contribution in [2.75, 3.05) is 13.1 Å². The number of hydrogen-bond donors (Lipinski definition) is 0. The normalized spacial score (nSPS) is 31.5. The summed E-state index contributed by atoms with van der Waals surface area (Å²) in [6, 6.07) is 0. The summed E-state index contributed by atoms with van der Waals surface area (Å²) >= 11 is 0. The summed E-state index contributed by atoms with van der Waals surface area (Å²) in [5.74, 6) is 0. The summed E-state index contributed by atoms with van der Waals surface area (Å²) in [6.45, 7) is 6.81. The minimum Gasteiger partial charge on any atom is -0.444 e. The van der Waals surface area contributed by atoms with Crippen molar-refractivity contribution in [3.63, 3.8) is 0 Å². The van der Waals surface area contributed by atoms with Gasteiger partial charge in [-0.2, -0.15) is 0 Å². The predicted octanol–water partition coefficient (Wildman–Crippen LogP) is 2.13. The van der Waals surface area contributed by atoms with Crippen LogP contribution in [0.1, 0.15) is 46.5 Å². The lowest BCUT2D eigenvalue weighted by molar-refractivity contribution is -0.127. The second kappa shape index (κ2) is 5.12. The number of amides is 1. The lowest BCUT2D eigenvalue weighted by Gasteiger charge is -2.40. The van der Waals surface area contributed by atoms with E-state index in [4.69, 9.17) is 9.47 Å². The fourth-order valence-corrected chi connectivity index (χ4v) is 2.82. The first kappa shape index (κ1) is 14.3. The van der Waals surface area contributed by atoms with Gasteiger partial charge in [-0.05, 0) is 46.5 Å². The summed E-state index contributed by atoms with van der Waals surface area (Å²) in [4.78, 5) is 24.6. The van der Waals surface area contributed by atoms with Crippen LogP contribution in [0.15, 0.2) is 0 Å². The van der Waals surface area contributed by atoms with Crippen molar-refractivity contribution >= 4 is 12.4 Å². The molecule has 2 atom stereocenters. The van der Waals surface area contributed by atoms with E-state index >= 15 is 0 Å². The zero-order valence-corrected chi connectivity index (χ0v) is 12.0. The third-order valence-electron chi connectivity index (χ3n) is 3.63. The molecule has 5 nitrogen and oxygen atoms in total. The van der Waals surface area contributed by atoms with Crippen LogP contribution in [0.25, 0.3) is 0 Å². The van der Waals surface area contributed by atoms with E-state index in [1.807, 2.05) is 20.8 Å². The van der Waals surface area contributed by atoms with E-state index in [9.17, 15) is 9.59 Å². The number of likely N-dealkylation sites (tertiary alicyclic amines) is 1. The van der Waals surface area contributed by atoms with Crippen LogP contribution in [0.4, 0.5) is 4.79 Å². The maximum Gasteiger partial charge on any atom is 0.410 e. The molecule has 0 radical (unpaired) electrons. The maximum atomic E-state index is 12.1. The molecular weight excluding hydrogens is 246 g/mol. The Morgan fingerprint density at radius 2 is 2.16 bits per heavy atom. The summed E-state index contributed by atoms with van der Waals surface area (Å²) < 4.78 is 11.2. The van der Waals surface area contributed by atoms with Crippen molar-refractivity contribution < 1.29 is 19.1 Å². The van der Waals surface area contributed by atoms with E-state index in [1.54, 1.807) is 4.90 Å². The number of aldehydes is 1. The van der Waals surface area contributed by atoms with Gasteiger partial charge >= 0.3 is 6.09 Å². The molecule has 0 unspecified atom stereocenters. The molecule has 2 aliphatic heterocycles. The average molecular weight is 269 g/mol. The second-order valence-corrected chi connectivity index (χ2v) is 6.52. The molecule has 0 aromatic heterocycles. The molecule has 0 saturated carbocycles. The molecule has 1 amide bonds. The van der Waals surface area contributed by atoms with Gasteiger partial charge in [-0.1, -0.05) is 0 Å². The van der Waals surface area contributed by atoms with Gasteiger partial charge in [-0.15, -0.1) is 0 Å². The fourth-order valence-electron chi connectivity index (χ4n) is 2.82. The highest BCUT2D eigenvalue weighted by Gasteiger charge is 2.44. The summed E-state index contributed by atoms with van der Waals surface area (Å²) in [5.41, 5.74) is -0.815. The number of carbonyl (C=O) groups is 2. The predicted molar refractivity (Wildman–Crippen MR) is 69.9 cm³/mol. The van der Waals surface area contributed by atoms with Gasteiger partial charge in [0.1, 0.15) is 18.0 Å². The number of hydrogen-bond acceptors (Lipinski definition) is 4. The Morgan fingerprint density at radius 3 is 2.74 bits per heavy atom. The first-order chi connectivity index (χ1) is 8.84. The lowest BCUT2D eigenvalue weighted by atomic mass is 9.90. The van der Waals surface area contributed by atoms with Crippen molar-refractivity contribution in [3.8, 4) is 0 Å². The van der Waals surface area contributed by atoms with Crippen molar-refractivity contribution in [1.29, 1.82) is 0 Å². The van der Waals surface area contributed by atoms with Crippen molar-refractivity contribution in [1.82, 2.24) is 4.90 Å². The number of ether oxygens (including phenoxy) is 2. The number of piperidine rings is 1. The highest BCUT2D eigenvalue weighted by Crippen LogP contribution is 2.37. The number of rotatable bonds is 1. The number of nitrogens with zero attached hydrogens (tertiary/aromatic N) is 1. The van der Waals surface area contributed by atoms with E-state index in [0.717, 1.165) is 32.0 Å². The van der Waals surface area contributed by atoms with Crippen molar-refractivity contribution in [2.45, 2.75) is 63.8 Å². The maximum absolute atomic E-state index is 12.1. The quantitative estimate of drug-likeness (QED) is 0.684. The third kappa shape index (κ3) is 3.47. The topological polar surface area (TPSA) is 55.8 Å². The van der Waals surface area contributed by atoms with Gasteiger partial charge in [-0.3, -0.25) is 0 Å². The monoisotopic (exact) mass is 269 g/mol. The van der Waals surface area contributed by atoms with Crippen LogP contribution in [-0.2, 0) is 14.3 Å². The molecule has 108 valence electrons. The van der Waals surface area contributed by atoms with Crippen LogP contribution in [0.3, 0.4) is 0 Å². The lowest BCUT2D eigenvalue weighted by Crippen LogP contribution is -2.51. The Morgan fingerprint density at radius 1 is 1.42 bits per heavy atom. The molecule has 0 aromatic carbocycles. The van der Waals surface area contributed by atoms with Gasteiger partial charge in [0.15, 0.2) is 0 Å². The summed E-state index contributed by atoms with van der Waals surface area (Å²) in [7, 11) is 0. The molecular formula is C14H23NO4. The van der Waals surface area contributed by atoms with Crippen LogP contribution in [0.2, 0.25) is 0 Å². The molecule has 0 bridgehead atoms. The van der Waals surface area contributed by atoms with Crippen molar-refractivity contribution in [3.05, 3.63) is 0 Å². The van der Waals surface area contributed by atoms with Gasteiger partial charge < -0.3 is 19.2 Å². The molecule has 2 rings (SSSR count). The molecule has 5 heteroatoms. The smallest absolute Gasteiger partial charge is 0.410 e. The van der Waals surface area contributed by atoms with Gasteiger partial charge in [0.25, 0.3) is 0 Å². The number of carbonyl (C=O) groups excluding carboxylic acids is 2. The zero-order chi connectivity index (χ0) is 14.1. The Bertz CT molecular complexity index is 363. The molecule has 0 aromatic rings. The summed E-state index contributed by atoms with van der Waals surface area (Å²) in [6.07, 6.45) is 3.67. The van der Waals surface area contributed by atoms with Crippen LogP contribution >= 0.6 is 0 Å². The van der Waals surface area contributed by atoms with Gasteiger partial charge in [0, 0.05) is 6.54 Å². The summed E-state index contributed by atoms with van der Waals surface area (Å²) in [5, 5.41) is 0. The van der Waals surface area contributed by atoms with Crippen LogP contribution < -0.4 is 0 Å². The highest BCUT2D eigenvalue weighted by molar-refractivity contribution is 5.68. The van der Waals surface area contributed by atoms with E-state index < -0.39 is 5.60 Å². The zero-order valence-electron chi connectivity index (χ0n) is 12.0. The Hall–Kier alpha value is -1.10.